The molecule has 0 aliphatic heterocycles. The van der Waals surface area contributed by atoms with Gasteiger partial charge in [0.15, 0.2) is 0 Å². The van der Waals surface area contributed by atoms with E-state index in [1.807, 2.05) is 44.2 Å². The van der Waals surface area contributed by atoms with Gasteiger partial charge in [-0.25, -0.2) is 10.2 Å². The van der Waals surface area contributed by atoms with Crippen LogP contribution in [0.15, 0.2) is 30.3 Å². The molecule has 1 aromatic rings. The zero-order valence-electron chi connectivity index (χ0n) is 10.6. The molecule has 0 heterocycles. The van der Waals surface area contributed by atoms with E-state index in [-0.39, 0.29) is 11.9 Å². The average Bonchev–Trinajstić information content (AvgIpc) is 2.37. The van der Waals surface area contributed by atoms with Crippen LogP contribution >= 0.6 is 0 Å². The molecule has 0 aliphatic rings. The van der Waals surface area contributed by atoms with Gasteiger partial charge >= 0.3 is 5.97 Å². The minimum atomic E-state index is -0.534. The van der Waals surface area contributed by atoms with Crippen LogP contribution in [0.3, 0.4) is 0 Å². The Morgan fingerprint density at radius 3 is 2.33 bits per heavy atom. The Balaban J connectivity index is 0.000000873. The maximum Gasteiger partial charge on any atom is 0.323 e. The van der Waals surface area contributed by atoms with Gasteiger partial charge in [0.25, 0.3) is 0 Å². The van der Waals surface area contributed by atoms with Gasteiger partial charge in [-0.15, -0.1) is 0 Å². The van der Waals surface area contributed by atoms with E-state index < -0.39 is 6.04 Å². The van der Waals surface area contributed by atoms with E-state index in [0.717, 1.165) is 11.6 Å². The van der Waals surface area contributed by atoms with Gasteiger partial charge in [0.1, 0.15) is 12.6 Å². The third-order valence-electron chi connectivity index (χ3n) is 2.21. The summed E-state index contributed by atoms with van der Waals surface area (Å²) in [6.45, 7) is 4.09. The van der Waals surface area contributed by atoms with Crippen LogP contribution in [-0.4, -0.2) is 18.1 Å². The van der Waals surface area contributed by atoms with Gasteiger partial charge in [-0.3, -0.25) is 4.79 Å². The number of benzene rings is 1. The Kier molecular flexibility index (Phi) is 8.10. The lowest BCUT2D eigenvalue weighted by molar-refractivity contribution is -0.147. The first-order chi connectivity index (χ1) is 8.52. The Morgan fingerprint density at radius 2 is 1.89 bits per heavy atom. The Morgan fingerprint density at radius 1 is 1.39 bits per heavy atom. The fourth-order valence-corrected chi connectivity index (χ4v) is 1.10. The molecule has 0 fully saturated rings. The van der Waals surface area contributed by atoms with Crippen LogP contribution in [-0.2, 0) is 20.9 Å². The van der Waals surface area contributed by atoms with Crippen LogP contribution in [0.1, 0.15) is 19.4 Å². The monoisotopic (exact) mass is 250 g/mol. The summed E-state index contributed by atoms with van der Waals surface area (Å²) in [4.78, 5) is 19.8. The van der Waals surface area contributed by atoms with Crippen molar-refractivity contribution in [1.29, 1.82) is 5.41 Å². The van der Waals surface area contributed by atoms with Gasteiger partial charge in [0.05, 0.1) is 0 Å². The summed E-state index contributed by atoms with van der Waals surface area (Å²) in [5.74, 6) is -0.234. The summed E-state index contributed by atoms with van der Waals surface area (Å²) in [6.07, 6.45) is 0.750. The van der Waals surface area contributed by atoms with Crippen LogP contribution in [0, 0.1) is 11.3 Å². The normalized spacial score (nSPS) is 10.9. The van der Waals surface area contributed by atoms with Crippen molar-refractivity contribution in [2.24, 2.45) is 11.7 Å². The summed E-state index contributed by atoms with van der Waals surface area (Å²) in [7, 11) is 0. The zero-order chi connectivity index (χ0) is 14.0. The van der Waals surface area contributed by atoms with E-state index in [1.165, 1.54) is 0 Å². The first-order valence-corrected chi connectivity index (χ1v) is 5.53. The fraction of sp³-hybridized carbons (Fsp3) is 0.385. The van der Waals surface area contributed by atoms with Crippen molar-refractivity contribution < 1.29 is 14.3 Å². The molecule has 0 radical (unpaired) electrons. The van der Waals surface area contributed by atoms with Crippen molar-refractivity contribution in [1.82, 2.24) is 0 Å². The van der Waals surface area contributed by atoms with Crippen LogP contribution in [0.25, 0.3) is 0 Å². The highest BCUT2D eigenvalue weighted by Gasteiger charge is 2.18. The molecule has 5 heteroatoms. The SMILES string of the molecule is CC(C)[C@H](N)C(=O)OCc1ccccc1.N=C=O. The summed E-state index contributed by atoms with van der Waals surface area (Å²) < 4.78 is 5.09. The van der Waals surface area contributed by atoms with E-state index in [4.69, 9.17) is 20.7 Å². The molecule has 0 amide bonds. The number of hydrogen-bond donors (Lipinski definition) is 2. The van der Waals surface area contributed by atoms with E-state index in [1.54, 1.807) is 0 Å². The van der Waals surface area contributed by atoms with E-state index in [0.29, 0.717) is 6.61 Å². The lowest BCUT2D eigenvalue weighted by atomic mass is 10.1. The summed E-state index contributed by atoms with van der Waals surface area (Å²) in [5.41, 5.74) is 6.62. The topological polar surface area (TPSA) is 93.2 Å². The molecule has 0 bridgehead atoms. The first kappa shape index (κ1) is 16.0. The molecule has 98 valence electrons. The lowest BCUT2D eigenvalue weighted by Crippen LogP contribution is -2.36. The molecule has 0 saturated carbocycles. The molecular weight excluding hydrogens is 232 g/mol. The highest BCUT2D eigenvalue weighted by Crippen LogP contribution is 2.04. The third-order valence-corrected chi connectivity index (χ3v) is 2.21. The van der Waals surface area contributed by atoms with Gasteiger partial charge in [-0.2, -0.15) is 0 Å². The number of carbonyl (C=O) groups is 1. The molecule has 1 atom stereocenters. The van der Waals surface area contributed by atoms with Crippen LogP contribution in [0.5, 0.6) is 0 Å². The number of isocyanates is 1. The van der Waals surface area contributed by atoms with Crippen molar-refractivity contribution >= 4 is 12.0 Å². The smallest absolute Gasteiger partial charge is 0.323 e. The number of esters is 1. The van der Waals surface area contributed by atoms with Crippen LogP contribution in [0.4, 0.5) is 0 Å². The van der Waals surface area contributed by atoms with Gasteiger partial charge in [-0.1, -0.05) is 44.2 Å². The quantitative estimate of drug-likeness (QED) is 0.482. The van der Waals surface area contributed by atoms with Crippen LogP contribution < -0.4 is 5.73 Å². The van der Waals surface area contributed by atoms with E-state index in [9.17, 15) is 4.79 Å². The zero-order valence-corrected chi connectivity index (χ0v) is 10.6. The molecule has 0 aliphatic carbocycles. The van der Waals surface area contributed by atoms with Gasteiger partial charge < -0.3 is 10.5 Å². The maximum atomic E-state index is 11.4. The number of nitrogens with one attached hydrogen (secondary N) is 1. The van der Waals surface area contributed by atoms with Crippen molar-refractivity contribution in [2.45, 2.75) is 26.5 Å². The van der Waals surface area contributed by atoms with Crippen molar-refractivity contribution in [3.8, 4) is 0 Å². The minimum Gasteiger partial charge on any atom is -0.460 e. The molecule has 5 nitrogen and oxygen atoms in total. The second-order valence-electron chi connectivity index (χ2n) is 3.97. The van der Waals surface area contributed by atoms with Gasteiger partial charge in [0, 0.05) is 0 Å². The first-order valence-electron chi connectivity index (χ1n) is 5.53. The summed E-state index contributed by atoms with van der Waals surface area (Å²) in [6, 6.07) is 9.03. The molecule has 1 rings (SSSR count). The van der Waals surface area contributed by atoms with Gasteiger partial charge in [-0.05, 0) is 11.5 Å². The van der Waals surface area contributed by atoms with Crippen molar-refractivity contribution in [3.63, 3.8) is 0 Å². The maximum absolute atomic E-state index is 11.4. The minimum absolute atomic E-state index is 0.105. The molecule has 0 saturated heterocycles. The van der Waals surface area contributed by atoms with Crippen molar-refractivity contribution in [3.05, 3.63) is 35.9 Å². The summed E-state index contributed by atoms with van der Waals surface area (Å²) >= 11 is 0. The standard InChI is InChI=1S/C12H17NO2.CHNO/c1-9(2)11(13)12(14)15-8-10-6-4-3-5-7-10;2-1-3/h3-7,9,11H,8,13H2,1-2H3;2H/t11-;/m0./s1. The second-order valence-corrected chi connectivity index (χ2v) is 3.97. The summed E-state index contributed by atoms with van der Waals surface area (Å²) in [5, 5.41) is 5.40. The number of ether oxygens (including phenoxy) is 1. The average molecular weight is 250 g/mol. The Bertz CT molecular complexity index is 384. The molecule has 0 aromatic heterocycles. The Labute approximate surface area is 106 Å². The molecule has 18 heavy (non-hydrogen) atoms. The van der Waals surface area contributed by atoms with E-state index >= 15 is 0 Å². The molecule has 0 unspecified atom stereocenters. The predicted octanol–water partition coefficient (Wildman–Crippen LogP) is 1.61. The fourth-order valence-electron chi connectivity index (χ4n) is 1.10. The van der Waals surface area contributed by atoms with Gasteiger partial charge in [0.2, 0.25) is 6.08 Å². The highest BCUT2D eigenvalue weighted by atomic mass is 16.5. The van der Waals surface area contributed by atoms with E-state index in [2.05, 4.69) is 0 Å². The molecule has 0 spiro atoms. The molecule has 1 aromatic carbocycles. The number of hydrogen-bond acceptors (Lipinski definition) is 5. The Hall–Kier alpha value is -1.97. The highest BCUT2D eigenvalue weighted by molar-refractivity contribution is 5.75. The lowest BCUT2D eigenvalue weighted by Gasteiger charge is -2.14. The molecule has 3 N–H and O–H groups in total. The predicted molar refractivity (Wildman–Crippen MR) is 67.5 cm³/mol. The number of rotatable bonds is 4. The van der Waals surface area contributed by atoms with Crippen molar-refractivity contribution in [2.75, 3.05) is 0 Å². The second kappa shape index (κ2) is 9.10. The number of carbonyl (C=O) groups excluding carboxylic acids is 2. The molecular formula is C13H18N2O3. The third kappa shape index (κ3) is 6.58. The van der Waals surface area contributed by atoms with Crippen LogP contribution in [0.2, 0.25) is 0 Å². The largest absolute Gasteiger partial charge is 0.460 e. The number of nitrogens with two attached hydrogens (primary N) is 1.